The molecule has 23 heavy (non-hydrogen) atoms. The number of benzene rings is 2. The summed E-state index contributed by atoms with van der Waals surface area (Å²) in [6.45, 7) is 0. The maximum Gasteiger partial charge on any atom is 0.329 e. The topological polar surface area (TPSA) is 70.6 Å². The van der Waals surface area contributed by atoms with Crippen LogP contribution in [-0.2, 0) is 9.59 Å². The van der Waals surface area contributed by atoms with E-state index in [1.54, 1.807) is 42.5 Å². The molecule has 0 atom stereocenters. The molecule has 0 saturated carbocycles. The van der Waals surface area contributed by atoms with E-state index < -0.39 is 11.8 Å². The summed E-state index contributed by atoms with van der Waals surface area (Å²) in [5.74, 6) is -1.74. The third kappa shape index (κ3) is 5.06. The van der Waals surface area contributed by atoms with E-state index in [1.165, 1.54) is 6.21 Å². The fourth-order valence-electron chi connectivity index (χ4n) is 1.56. The third-order valence-electron chi connectivity index (χ3n) is 2.66. The second-order valence-electron chi connectivity index (χ2n) is 4.30. The van der Waals surface area contributed by atoms with Gasteiger partial charge in [0.15, 0.2) is 0 Å². The molecule has 0 spiro atoms. The van der Waals surface area contributed by atoms with Crippen molar-refractivity contribution in [1.82, 2.24) is 5.43 Å². The van der Waals surface area contributed by atoms with Crippen molar-refractivity contribution < 1.29 is 9.59 Å². The van der Waals surface area contributed by atoms with Crippen LogP contribution in [0.5, 0.6) is 0 Å². The van der Waals surface area contributed by atoms with Gasteiger partial charge < -0.3 is 5.32 Å². The molecule has 0 heterocycles. The van der Waals surface area contributed by atoms with Crippen molar-refractivity contribution >= 4 is 62.8 Å². The van der Waals surface area contributed by atoms with Crippen LogP contribution in [0.2, 0.25) is 10.0 Å². The van der Waals surface area contributed by atoms with Crippen molar-refractivity contribution in [3.63, 3.8) is 0 Å². The van der Waals surface area contributed by atoms with Gasteiger partial charge in [-0.25, -0.2) is 5.43 Å². The Kier molecular flexibility index (Phi) is 6.15. The lowest BCUT2D eigenvalue weighted by Crippen LogP contribution is -2.32. The standard InChI is InChI=1S/C15H10BrCl2N3O2/c16-11-3-1-2-4-13(11)20-14(22)15(23)21-19-8-9-5-6-10(17)7-12(9)18/h1-8H,(H,20,22)(H,21,23)/b19-8-. The molecule has 2 N–H and O–H groups in total. The van der Waals surface area contributed by atoms with Gasteiger partial charge in [-0.3, -0.25) is 9.59 Å². The zero-order valence-electron chi connectivity index (χ0n) is 11.5. The third-order valence-corrected chi connectivity index (χ3v) is 3.91. The Labute approximate surface area is 150 Å². The second-order valence-corrected chi connectivity index (χ2v) is 6.00. The van der Waals surface area contributed by atoms with Crippen LogP contribution in [0.4, 0.5) is 5.69 Å². The molecule has 2 aromatic carbocycles. The molecule has 118 valence electrons. The van der Waals surface area contributed by atoms with E-state index in [9.17, 15) is 9.59 Å². The Morgan fingerprint density at radius 1 is 1.09 bits per heavy atom. The first kappa shape index (κ1) is 17.5. The lowest BCUT2D eigenvalue weighted by molar-refractivity contribution is -0.136. The Hall–Kier alpha value is -1.89. The van der Waals surface area contributed by atoms with Gasteiger partial charge in [-0.1, -0.05) is 41.4 Å². The first-order valence-electron chi connectivity index (χ1n) is 6.31. The summed E-state index contributed by atoms with van der Waals surface area (Å²) in [4.78, 5) is 23.4. The summed E-state index contributed by atoms with van der Waals surface area (Å²) in [5, 5.41) is 7.03. The lowest BCUT2D eigenvalue weighted by Gasteiger charge is -2.05. The maximum atomic E-state index is 11.8. The summed E-state index contributed by atoms with van der Waals surface area (Å²) in [6, 6.07) is 11.8. The molecule has 0 saturated heterocycles. The van der Waals surface area contributed by atoms with Crippen molar-refractivity contribution in [3.05, 3.63) is 62.5 Å². The largest absolute Gasteiger partial charge is 0.329 e. The summed E-state index contributed by atoms with van der Waals surface area (Å²) >= 11 is 15.0. The number of amides is 2. The maximum absolute atomic E-state index is 11.8. The zero-order chi connectivity index (χ0) is 16.8. The molecule has 8 heteroatoms. The molecule has 0 fully saturated rings. The fourth-order valence-corrected chi connectivity index (χ4v) is 2.40. The molecular formula is C15H10BrCl2N3O2. The van der Waals surface area contributed by atoms with Crippen LogP contribution in [0.3, 0.4) is 0 Å². The zero-order valence-corrected chi connectivity index (χ0v) is 14.6. The van der Waals surface area contributed by atoms with E-state index in [1.807, 2.05) is 0 Å². The molecule has 0 radical (unpaired) electrons. The molecule has 0 unspecified atom stereocenters. The van der Waals surface area contributed by atoms with Gasteiger partial charge in [0, 0.05) is 15.1 Å². The van der Waals surface area contributed by atoms with E-state index in [2.05, 4.69) is 31.8 Å². The Morgan fingerprint density at radius 2 is 1.83 bits per heavy atom. The molecular weight excluding hydrogens is 405 g/mol. The van der Waals surface area contributed by atoms with Crippen LogP contribution >= 0.6 is 39.1 Å². The lowest BCUT2D eigenvalue weighted by atomic mass is 10.2. The number of halogens is 3. The number of para-hydroxylation sites is 1. The van der Waals surface area contributed by atoms with E-state index in [0.717, 1.165) is 0 Å². The minimum Gasteiger partial charge on any atom is -0.317 e. The Bertz CT molecular complexity index is 781. The summed E-state index contributed by atoms with van der Waals surface area (Å²) in [7, 11) is 0. The number of hydrogen-bond acceptors (Lipinski definition) is 3. The SMILES string of the molecule is O=C(N/N=C\c1ccc(Cl)cc1Cl)C(=O)Nc1ccccc1Br. The highest BCUT2D eigenvalue weighted by atomic mass is 79.9. The van der Waals surface area contributed by atoms with Crippen LogP contribution < -0.4 is 10.7 Å². The highest BCUT2D eigenvalue weighted by Crippen LogP contribution is 2.21. The number of anilines is 1. The van der Waals surface area contributed by atoms with Gasteiger partial charge in [0.05, 0.1) is 16.9 Å². The molecule has 0 bridgehead atoms. The van der Waals surface area contributed by atoms with Gasteiger partial charge in [0.1, 0.15) is 0 Å². The first-order valence-corrected chi connectivity index (χ1v) is 7.86. The normalized spacial score (nSPS) is 10.6. The van der Waals surface area contributed by atoms with Gasteiger partial charge in [-0.15, -0.1) is 0 Å². The number of nitrogens with one attached hydrogen (secondary N) is 2. The van der Waals surface area contributed by atoms with Crippen LogP contribution in [-0.4, -0.2) is 18.0 Å². The van der Waals surface area contributed by atoms with Gasteiger partial charge in [0.2, 0.25) is 0 Å². The summed E-state index contributed by atoms with van der Waals surface area (Å²) in [5.41, 5.74) is 3.17. The number of carbonyl (C=O) groups is 2. The number of nitrogens with zero attached hydrogens (tertiary/aromatic N) is 1. The van der Waals surface area contributed by atoms with Crippen molar-refractivity contribution in [3.8, 4) is 0 Å². The summed E-state index contributed by atoms with van der Waals surface area (Å²) < 4.78 is 0.664. The van der Waals surface area contributed by atoms with Crippen molar-refractivity contribution in [2.24, 2.45) is 5.10 Å². The minimum atomic E-state index is -0.901. The minimum absolute atomic E-state index is 0.383. The number of hydrazone groups is 1. The molecule has 2 rings (SSSR count). The number of rotatable bonds is 3. The molecule has 0 aliphatic rings. The Balaban J connectivity index is 1.95. The first-order chi connectivity index (χ1) is 11.0. The van der Waals surface area contributed by atoms with Crippen molar-refractivity contribution in [2.45, 2.75) is 0 Å². The van der Waals surface area contributed by atoms with Gasteiger partial charge in [-0.05, 0) is 40.2 Å². The van der Waals surface area contributed by atoms with Crippen molar-refractivity contribution in [1.29, 1.82) is 0 Å². The highest BCUT2D eigenvalue weighted by Gasteiger charge is 2.14. The fraction of sp³-hybridized carbons (Fsp3) is 0. The number of hydrogen-bond donors (Lipinski definition) is 2. The van der Waals surface area contributed by atoms with Crippen molar-refractivity contribution in [2.75, 3.05) is 5.32 Å². The quantitative estimate of drug-likeness (QED) is 0.455. The van der Waals surface area contributed by atoms with Crippen LogP contribution in [0.1, 0.15) is 5.56 Å². The van der Waals surface area contributed by atoms with Crippen LogP contribution in [0.15, 0.2) is 52.0 Å². The predicted octanol–water partition coefficient (Wildman–Crippen LogP) is 3.84. The molecule has 5 nitrogen and oxygen atoms in total. The highest BCUT2D eigenvalue weighted by molar-refractivity contribution is 9.10. The average Bonchev–Trinajstić information content (AvgIpc) is 2.51. The van der Waals surface area contributed by atoms with E-state index in [4.69, 9.17) is 23.2 Å². The number of carbonyl (C=O) groups excluding carboxylic acids is 2. The Morgan fingerprint density at radius 3 is 2.52 bits per heavy atom. The van der Waals surface area contributed by atoms with Gasteiger partial charge in [0.25, 0.3) is 0 Å². The second kappa shape index (κ2) is 8.10. The van der Waals surface area contributed by atoms with E-state index >= 15 is 0 Å². The molecule has 0 aromatic heterocycles. The van der Waals surface area contributed by atoms with E-state index in [-0.39, 0.29) is 0 Å². The smallest absolute Gasteiger partial charge is 0.317 e. The monoisotopic (exact) mass is 413 g/mol. The van der Waals surface area contributed by atoms with Crippen LogP contribution in [0.25, 0.3) is 0 Å². The molecule has 0 aliphatic carbocycles. The predicted molar refractivity (Wildman–Crippen MR) is 95.0 cm³/mol. The summed E-state index contributed by atoms with van der Waals surface area (Å²) in [6.07, 6.45) is 1.32. The average molecular weight is 415 g/mol. The van der Waals surface area contributed by atoms with Crippen LogP contribution in [0, 0.1) is 0 Å². The van der Waals surface area contributed by atoms with E-state index in [0.29, 0.717) is 25.8 Å². The van der Waals surface area contributed by atoms with Gasteiger partial charge >= 0.3 is 11.8 Å². The molecule has 2 amide bonds. The molecule has 0 aliphatic heterocycles. The van der Waals surface area contributed by atoms with Gasteiger partial charge in [-0.2, -0.15) is 5.10 Å². The molecule has 2 aromatic rings.